The maximum absolute atomic E-state index is 11.8. The maximum atomic E-state index is 11.8. The number of aryl methyl sites for hydroxylation is 1. The summed E-state index contributed by atoms with van der Waals surface area (Å²) in [5, 5.41) is 7.18. The number of thiazole rings is 1. The number of methoxy groups -OCH3 is 1. The molecule has 0 aliphatic carbocycles. The predicted octanol–water partition coefficient (Wildman–Crippen LogP) is 2.12. The number of aliphatic imine (C=N–C) groups is 1. The molecule has 132 valence electrons. The molecule has 1 aromatic rings. The topological polar surface area (TPSA) is 84.8 Å². The van der Waals surface area contributed by atoms with Gasteiger partial charge in [0, 0.05) is 20.7 Å². The van der Waals surface area contributed by atoms with Gasteiger partial charge >= 0.3 is 5.97 Å². The van der Waals surface area contributed by atoms with E-state index in [1.54, 1.807) is 21.1 Å². The summed E-state index contributed by atoms with van der Waals surface area (Å²) in [5.74, 6) is 0.341. The zero-order valence-electron chi connectivity index (χ0n) is 14.1. The van der Waals surface area contributed by atoms with Crippen molar-refractivity contribution in [2.75, 3.05) is 33.9 Å². The van der Waals surface area contributed by atoms with Crippen molar-refractivity contribution in [1.82, 2.24) is 15.6 Å². The second-order valence-electron chi connectivity index (χ2n) is 4.54. The Morgan fingerprint density at radius 3 is 2.74 bits per heavy atom. The summed E-state index contributed by atoms with van der Waals surface area (Å²) < 4.78 is 10.0. The van der Waals surface area contributed by atoms with Gasteiger partial charge in [-0.3, -0.25) is 4.99 Å². The van der Waals surface area contributed by atoms with Crippen LogP contribution in [0.5, 0.6) is 0 Å². The molecule has 0 spiro atoms. The molecule has 0 bridgehead atoms. The lowest BCUT2D eigenvalue weighted by Crippen LogP contribution is -2.40. The third-order valence-corrected chi connectivity index (χ3v) is 4.14. The zero-order chi connectivity index (χ0) is 16.5. The Labute approximate surface area is 158 Å². The van der Waals surface area contributed by atoms with Crippen molar-refractivity contribution in [1.29, 1.82) is 0 Å². The number of rotatable bonds is 7. The highest BCUT2D eigenvalue weighted by molar-refractivity contribution is 14.0. The fourth-order valence-electron chi connectivity index (χ4n) is 1.72. The smallest absolute Gasteiger partial charge is 0.350 e. The van der Waals surface area contributed by atoms with E-state index in [4.69, 9.17) is 9.47 Å². The van der Waals surface area contributed by atoms with Crippen LogP contribution in [0.1, 0.15) is 40.3 Å². The Bertz CT molecular complexity index is 522. The van der Waals surface area contributed by atoms with Gasteiger partial charge in [0.25, 0.3) is 0 Å². The van der Waals surface area contributed by atoms with Crippen molar-refractivity contribution in [2.45, 2.75) is 26.8 Å². The highest BCUT2D eigenvalue weighted by Crippen LogP contribution is 2.24. The number of hydrogen-bond acceptors (Lipinski definition) is 6. The Kier molecular flexibility index (Phi) is 11.1. The Hall–Kier alpha value is -0.940. The summed E-state index contributed by atoms with van der Waals surface area (Å²) in [4.78, 5) is 21.0. The van der Waals surface area contributed by atoms with Crippen LogP contribution in [0.15, 0.2) is 4.99 Å². The van der Waals surface area contributed by atoms with Gasteiger partial charge in [0.2, 0.25) is 0 Å². The Morgan fingerprint density at radius 1 is 1.48 bits per heavy atom. The Balaban J connectivity index is 0.00000484. The number of nitrogens with zero attached hydrogens (tertiary/aromatic N) is 2. The molecular formula is C14H25IN4O3S. The average molecular weight is 456 g/mol. The monoisotopic (exact) mass is 456 g/mol. The molecule has 0 aliphatic rings. The molecule has 2 N–H and O–H groups in total. The number of nitrogens with one attached hydrogen (secondary N) is 2. The molecule has 0 radical (unpaired) electrons. The number of guanidine groups is 1. The molecule has 9 heteroatoms. The van der Waals surface area contributed by atoms with E-state index in [2.05, 4.69) is 20.6 Å². The molecule has 1 unspecified atom stereocenters. The van der Waals surface area contributed by atoms with Gasteiger partial charge < -0.3 is 20.1 Å². The molecule has 1 heterocycles. The number of esters is 1. The summed E-state index contributed by atoms with van der Waals surface area (Å²) in [6.07, 6.45) is 0. The molecule has 0 fully saturated rings. The first-order valence-electron chi connectivity index (χ1n) is 7.14. The van der Waals surface area contributed by atoms with Crippen molar-refractivity contribution in [3.8, 4) is 0 Å². The number of carbonyl (C=O) groups excluding carboxylic acids is 1. The van der Waals surface area contributed by atoms with Crippen LogP contribution in [0.25, 0.3) is 0 Å². The lowest BCUT2D eigenvalue weighted by molar-refractivity contribution is 0.0531. The molecule has 0 aromatic carbocycles. The van der Waals surface area contributed by atoms with Gasteiger partial charge in [-0.1, -0.05) is 0 Å². The Morgan fingerprint density at radius 2 is 2.17 bits per heavy atom. The fourth-order valence-corrected chi connectivity index (χ4v) is 2.68. The first kappa shape index (κ1) is 22.1. The van der Waals surface area contributed by atoms with Gasteiger partial charge in [-0.25, -0.2) is 9.78 Å². The molecule has 0 amide bonds. The predicted molar refractivity (Wildman–Crippen MR) is 103 cm³/mol. The van der Waals surface area contributed by atoms with E-state index in [1.807, 2.05) is 13.8 Å². The normalized spacial score (nSPS) is 12.3. The maximum Gasteiger partial charge on any atom is 0.350 e. The van der Waals surface area contributed by atoms with Crippen LogP contribution >= 0.6 is 35.3 Å². The molecular weight excluding hydrogens is 431 g/mol. The van der Waals surface area contributed by atoms with Crippen LogP contribution in [-0.2, 0) is 9.47 Å². The van der Waals surface area contributed by atoms with E-state index in [0.717, 1.165) is 5.01 Å². The standard InChI is InChI=1S/C14H24N4O3S.HI/c1-6-21-13(19)11-9(2)17-12(22-11)10(3)18-14(15-4)16-7-8-20-5;/h10H,6-8H2,1-5H3,(H2,15,16,18);1H. The van der Waals surface area contributed by atoms with Crippen LogP contribution < -0.4 is 10.6 Å². The van der Waals surface area contributed by atoms with E-state index in [0.29, 0.717) is 36.3 Å². The minimum absolute atomic E-state index is 0. The van der Waals surface area contributed by atoms with E-state index in [1.165, 1.54) is 11.3 Å². The van der Waals surface area contributed by atoms with Gasteiger partial charge in [-0.15, -0.1) is 35.3 Å². The largest absolute Gasteiger partial charge is 0.462 e. The molecule has 0 aliphatic heterocycles. The minimum atomic E-state index is -0.321. The summed E-state index contributed by atoms with van der Waals surface area (Å²) in [6.45, 7) is 7.18. The van der Waals surface area contributed by atoms with E-state index in [-0.39, 0.29) is 36.0 Å². The summed E-state index contributed by atoms with van der Waals surface area (Å²) in [6, 6.07) is -0.0689. The highest BCUT2D eigenvalue weighted by atomic mass is 127. The number of aromatic nitrogens is 1. The molecule has 1 aromatic heterocycles. The highest BCUT2D eigenvalue weighted by Gasteiger charge is 2.19. The van der Waals surface area contributed by atoms with Crippen molar-refractivity contribution in [3.05, 3.63) is 15.6 Å². The third kappa shape index (κ3) is 7.00. The zero-order valence-corrected chi connectivity index (χ0v) is 17.3. The third-order valence-electron chi connectivity index (χ3n) is 2.82. The molecule has 23 heavy (non-hydrogen) atoms. The summed E-state index contributed by atoms with van der Waals surface area (Å²) in [5.41, 5.74) is 0.689. The lowest BCUT2D eigenvalue weighted by atomic mass is 10.3. The summed E-state index contributed by atoms with van der Waals surface area (Å²) in [7, 11) is 3.35. The second-order valence-corrected chi connectivity index (χ2v) is 5.58. The van der Waals surface area contributed by atoms with Crippen LogP contribution in [-0.4, -0.2) is 50.8 Å². The van der Waals surface area contributed by atoms with Gasteiger partial charge in [-0.2, -0.15) is 0 Å². The van der Waals surface area contributed by atoms with Crippen LogP contribution in [0, 0.1) is 6.92 Å². The van der Waals surface area contributed by atoms with Crippen molar-refractivity contribution in [2.24, 2.45) is 4.99 Å². The minimum Gasteiger partial charge on any atom is -0.462 e. The number of halogens is 1. The van der Waals surface area contributed by atoms with E-state index < -0.39 is 0 Å². The fraction of sp³-hybridized carbons (Fsp3) is 0.643. The number of ether oxygens (including phenoxy) is 2. The van der Waals surface area contributed by atoms with Gasteiger partial charge in [-0.05, 0) is 20.8 Å². The van der Waals surface area contributed by atoms with E-state index in [9.17, 15) is 4.79 Å². The van der Waals surface area contributed by atoms with Crippen molar-refractivity contribution in [3.63, 3.8) is 0 Å². The lowest BCUT2D eigenvalue weighted by Gasteiger charge is -2.15. The first-order chi connectivity index (χ1) is 10.5. The van der Waals surface area contributed by atoms with Crippen LogP contribution in [0.4, 0.5) is 0 Å². The number of hydrogen-bond donors (Lipinski definition) is 2. The van der Waals surface area contributed by atoms with Crippen LogP contribution in [0.3, 0.4) is 0 Å². The summed E-state index contributed by atoms with van der Waals surface area (Å²) >= 11 is 1.34. The van der Waals surface area contributed by atoms with Crippen LogP contribution in [0.2, 0.25) is 0 Å². The van der Waals surface area contributed by atoms with Gasteiger partial charge in [0.05, 0.1) is 24.9 Å². The average Bonchev–Trinajstić information content (AvgIpc) is 2.88. The van der Waals surface area contributed by atoms with Gasteiger partial charge in [0.15, 0.2) is 5.96 Å². The van der Waals surface area contributed by atoms with E-state index >= 15 is 0 Å². The first-order valence-corrected chi connectivity index (χ1v) is 7.95. The molecule has 1 atom stereocenters. The number of carbonyl (C=O) groups is 1. The quantitative estimate of drug-likeness (QED) is 0.215. The van der Waals surface area contributed by atoms with Crippen molar-refractivity contribution < 1.29 is 14.3 Å². The van der Waals surface area contributed by atoms with Crippen molar-refractivity contribution >= 4 is 47.2 Å². The molecule has 0 saturated heterocycles. The molecule has 0 saturated carbocycles. The molecule has 1 rings (SSSR count). The van der Waals surface area contributed by atoms with Gasteiger partial charge in [0.1, 0.15) is 9.88 Å². The molecule has 7 nitrogen and oxygen atoms in total. The SMILES string of the molecule is CCOC(=O)c1sc(C(C)NC(=NC)NCCOC)nc1C.I. The second kappa shape index (κ2) is 11.6.